The average Bonchev–Trinajstić information content (AvgIpc) is 2.95. The number of hydrogen-bond acceptors (Lipinski definition) is 6. The van der Waals surface area contributed by atoms with Gasteiger partial charge in [-0.1, -0.05) is 23.2 Å². The molecule has 1 saturated heterocycles. The van der Waals surface area contributed by atoms with Crippen LogP contribution in [0.4, 0.5) is 5.69 Å². The van der Waals surface area contributed by atoms with Gasteiger partial charge in [-0.2, -0.15) is 0 Å². The van der Waals surface area contributed by atoms with Crippen LogP contribution in [0.5, 0.6) is 11.5 Å². The maximum Gasteiger partial charge on any atom is 0.337 e. The number of carboxylic acid groups (broad SMARTS) is 1. The Labute approximate surface area is 186 Å². The summed E-state index contributed by atoms with van der Waals surface area (Å²) in [4.78, 5) is 30.0. The van der Waals surface area contributed by atoms with Crippen molar-refractivity contribution >= 4 is 63.8 Å². The molecule has 7 nitrogen and oxygen atoms in total. The lowest BCUT2D eigenvalue weighted by molar-refractivity contribution is -0.121. The number of aromatic carboxylic acids is 1. The minimum atomic E-state index is -1.17. The zero-order valence-corrected chi connectivity index (χ0v) is 18.2. The van der Waals surface area contributed by atoms with Gasteiger partial charge >= 0.3 is 5.97 Å². The second kappa shape index (κ2) is 8.99. The van der Waals surface area contributed by atoms with Crippen molar-refractivity contribution in [3.8, 4) is 11.5 Å². The Hall–Kier alpha value is -2.68. The van der Waals surface area contributed by atoms with Gasteiger partial charge in [-0.15, -0.1) is 0 Å². The largest absolute Gasteiger partial charge is 0.503 e. The van der Waals surface area contributed by atoms with Gasteiger partial charge in [0, 0.05) is 7.05 Å². The molecule has 0 bridgehead atoms. The van der Waals surface area contributed by atoms with E-state index in [1.165, 1.54) is 23.1 Å². The van der Waals surface area contributed by atoms with Gasteiger partial charge in [0.2, 0.25) is 0 Å². The number of halogens is 2. The first-order valence-corrected chi connectivity index (χ1v) is 10.2. The van der Waals surface area contributed by atoms with Gasteiger partial charge in [0.1, 0.15) is 0 Å². The zero-order valence-electron chi connectivity index (χ0n) is 15.8. The molecule has 1 aliphatic rings. The highest BCUT2D eigenvalue weighted by molar-refractivity contribution is 8.18. The molecule has 0 aliphatic carbocycles. The Bertz CT molecular complexity index is 1100. The van der Waals surface area contributed by atoms with Crippen LogP contribution < -0.4 is 4.74 Å². The summed E-state index contributed by atoms with van der Waals surface area (Å²) in [5.41, 5.74) is 0.853. The molecule has 0 saturated carbocycles. The minimum absolute atomic E-state index is 0.0755. The lowest BCUT2D eigenvalue weighted by Gasteiger charge is -2.08. The Kier molecular flexibility index (Phi) is 6.60. The molecular weight excluding hydrogens is 451 g/mol. The topological polar surface area (TPSA) is 99.4 Å². The maximum absolute atomic E-state index is 12.6. The number of carboxylic acids is 1. The quantitative estimate of drug-likeness (QED) is 0.599. The molecule has 0 unspecified atom stereocenters. The summed E-state index contributed by atoms with van der Waals surface area (Å²) in [5.74, 6) is -1.40. The number of hydrogen-bond donors (Lipinski definition) is 2. The van der Waals surface area contributed by atoms with Crippen molar-refractivity contribution in [2.45, 2.75) is 6.92 Å². The summed E-state index contributed by atoms with van der Waals surface area (Å²) in [6.45, 7) is 2.12. The average molecular weight is 467 g/mol. The van der Waals surface area contributed by atoms with E-state index in [9.17, 15) is 19.8 Å². The zero-order chi connectivity index (χ0) is 22.0. The Morgan fingerprint density at radius 3 is 2.67 bits per heavy atom. The van der Waals surface area contributed by atoms with Gasteiger partial charge in [0.25, 0.3) is 5.91 Å². The fraction of sp³-hybridized carbons (Fsp3) is 0.150. The van der Waals surface area contributed by atoms with E-state index >= 15 is 0 Å². The van der Waals surface area contributed by atoms with E-state index in [1.807, 2.05) is 0 Å². The summed E-state index contributed by atoms with van der Waals surface area (Å²) in [6, 6.07) is 7.45. The van der Waals surface area contributed by atoms with E-state index in [1.54, 1.807) is 32.2 Å². The summed E-state index contributed by atoms with van der Waals surface area (Å²) in [5, 5.41) is 19.8. The number of aromatic hydroxyl groups is 1. The fourth-order valence-corrected chi connectivity index (χ4v) is 4.01. The predicted molar refractivity (Wildman–Crippen MR) is 118 cm³/mol. The second-order valence-corrected chi connectivity index (χ2v) is 7.94. The van der Waals surface area contributed by atoms with E-state index in [2.05, 4.69) is 4.99 Å². The third-order valence-electron chi connectivity index (χ3n) is 4.06. The third kappa shape index (κ3) is 4.56. The number of nitrogens with zero attached hydrogens (tertiary/aromatic N) is 2. The van der Waals surface area contributed by atoms with Crippen LogP contribution in [0.1, 0.15) is 22.8 Å². The lowest BCUT2D eigenvalue weighted by Crippen LogP contribution is -2.23. The highest BCUT2D eigenvalue weighted by Crippen LogP contribution is 2.38. The van der Waals surface area contributed by atoms with Crippen molar-refractivity contribution in [2.24, 2.45) is 4.99 Å². The van der Waals surface area contributed by atoms with Crippen LogP contribution in [0.25, 0.3) is 6.08 Å². The molecular formula is C20H16Cl2N2O5S. The molecule has 0 atom stereocenters. The fourth-order valence-electron chi connectivity index (χ4n) is 2.60. The molecule has 2 aromatic carbocycles. The predicted octanol–water partition coefficient (Wildman–Crippen LogP) is 5.03. The molecule has 30 heavy (non-hydrogen) atoms. The monoisotopic (exact) mass is 466 g/mol. The van der Waals surface area contributed by atoms with Crippen LogP contribution in [0.15, 0.2) is 40.2 Å². The number of thioether (sulfide) groups is 1. The van der Waals surface area contributed by atoms with Gasteiger partial charge < -0.3 is 14.9 Å². The van der Waals surface area contributed by atoms with Gasteiger partial charge in [-0.25, -0.2) is 9.79 Å². The number of phenols is 1. The van der Waals surface area contributed by atoms with E-state index in [4.69, 9.17) is 27.9 Å². The van der Waals surface area contributed by atoms with E-state index in [0.717, 1.165) is 11.8 Å². The number of ether oxygens (including phenoxy) is 1. The van der Waals surface area contributed by atoms with Crippen molar-refractivity contribution < 1.29 is 24.5 Å². The number of rotatable bonds is 5. The minimum Gasteiger partial charge on any atom is -0.503 e. The summed E-state index contributed by atoms with van der Waals surface area (Å²) >= 11 is 13.1. The Morgan fingerprint density at radius 1 is 1.27 bits per heavy atom. The number of benzene rings is 2. The molecule has 1 heterocycles. The third-order valence-corrected chi connectivity index (χ3v) is 5.73. The van der Waals surface area contributed by atoms with E-state index in [-0.39, 0.29) is 33.0 Å². The number of carbonyl (C=O) groups is 2. The highest BCUT2D eigenvalue weighted by atomic mass is 35.5. The van der Waals surface area contributed by atoms with Crippen molar-refractivity contribution in [1.29, 1.82) is 0 Å². The molecule has 1 aliphatic heterocycles. The van der Waals surface area contributed by atoms with Crippen molar-refractivity contribution in [2.75, 3.05) is 13.7 Å². The molecule has 156 valence electrons. The van der Waals surface area contributed by atoms with Gasteiger partial charge in [-0.05, 0) is 60.7 Å². The van der Waals surface area contributed by atoms with Crippen LogP contribution in [0.3, 0.4) is 0 Å². The lowest BCUT2D eigenvalue weighted by atomic mass is 10.2. The van der Waals surface area contributed by atoms with Crippen molar-refractivity contribution in [1.82, 2.24) is 4.90 Å². The molecule has 1 fully saturated rings. The molecule has 10 heteroatoms. The number of amidine groups is 1. The Morgan fingerprint density at radius 2 is 2.00 bits per heavy atom. The number of amides is 1. The maximum atomic E-state index is 12.6. The summed E-state index contributed by atoms with van der Waals surface area (Å²) < 4.78 is 5.36. The van der Waals surface area contributed by atoms with Crippen LogP contribution >= 0.6 is 35.0 Å². The molecule has 0 radical (unpaired) electrons. The molecule has 0 spiro atoms. The molecule has 1 amide bonds. The van der Waals surface area contributed by atoms with Crippen LogP contribution in [0, 0.1) is 0 Å². The van der Waals surface area contributed by atoms with Crippen LogP contribution in [-0.2, 0) is 4.79 Å². The van der Waals surface area contributed by atoms with Gasteiger partial charge in [-0.3, -0.25) is 9.69 Å². The Balaban J connectivity index is 1.94. The van der Waals surface area contributed by atoms with Crippen molar-refractivity contribution in [3.05, 3.63) is 56.4 Å². The first-order chi connectivity index (χ1) is 14.2. The molecule has 0 aromatic heterocycles. The number of carbonyl (C=O) groups excluding carboxylic acids is 1. The summed E-state index contributed by atoms with van der Waals surface area (Å²) in [6.07, 6.45) is 1.62. The number of aliphatic imine (C=N–C) groups is 1. The first-order valence-electron chi connectivity index (χ1n) is 8.65. The first kappa shape index (κ1) is 22.0. The van der Waals surface area contributed by atoms with Crippen molar-refractivity contribution in [3.63, 3.8) is 0 Å². The SMILES string of the molecule is CCOc1cc(C=C2SC(=Nc3ccc(Cl)c(C(=O)O)c3)N(C)C2=O)cc(Cl)c1O. The smallest absolute Gasteiger partial charge is 0.337 e. The molecule has 3 rings (SSSR count). The second-order valence-electron chi connectivity index (χ2n) is 6.12. The number of likely N-dealkylation sites (N-methyl/N-ethyl adjacent to an activating group) is 1. The van der Waals surface area contributed by atoms with Gasteiger partial charge in [0.15, 0.2) is 16.7 Å². The van der Waals surface area contributed by atoms with E-state index < -0.39 is 5.97 Å². The molecule has 2 N–H and O–H groups in total. The standard InChI is InChI=1S/C20H16Cl2N2O5S/c1-3-29-15-7-10(6-14(22)17(15)25)8-16-18(26)24(2)20(30-16)23-11-4-5-13(21)12(9-11)19(27)28/h4-9,25H,3H2,1-2H3,(H,27,28). The van der Waals surface area contributed by atoms with Gasteiger partial charge in [0.05, 0.1) is 32.8 Å². The van der Waals surface area contributed by atoms with Crippen LogP contribution in [0.2, 0.25) is 10.0 Å². The van der Waals surface area contributed by atoms with Crippen LogP contribution in [-0.4, -0.2) is 45.8 Å². The molecule has 2 aromatic rings. The highest BCUT2D eigenvalue weighted by Gasteiger charge is 2.30. The summed E-state index contributed by atoms with van der Waals surface area (Å²) in [7, 11) is 1.57. The normalized spacial score (nSPS) is 16.5. The van der Waals surface area contributed by atoms with E-state index in [0.29, 0.717) is 27.9 Å². The number of phenolic OH excluding ortho intramolecular Hbond substituents is 1.